The molecule has 1 atom stereocenters. The smallest absolute Gasteiger partial charge is 0.225 e. The highest BCUT2D eigenvalue weighted by atomic mass is 16.2. The summed E-state index contributed by atoms with van der Waals surface area (Å²) in [4.78, 5) is 41.2. The lowest BCUT2D eigenvalue weighted by Gasteiger charge is -2.36. The second-order valence-electron chi connectivity index (χ2n) is 9.83. The molecule has 2 aliphatic heterocycles. The molecule has 6 nitrogen and oxygen atoms in total. The van der Waals surface area contributed by atoms with Crippen molar-refractivity contribution < 1.29 is 14.4 Å². The average molecular weight is 404 g/mol. The van der Waals surface area contributed by atoms with E-state index in [2.05, 4.69) is 5.32 Å². The Hall–Kier alpha value is -1.59. The van der Waals surface area contributed by atoms with Gasteiger partial charge in [0.05, 0.1) is 5.92 Å². The minimum atomic E-state index is -0.0622. The van der Waals surface area contributed by atoms with Crippen LogP contribution in [0, 0.1) is 23.7 Å². The zero-order valence-corrected chi connectivity index (χ0v) is 17.7. The van der Waals surface area contributed by atoms with Crippen LogP contribution in [-0.2, 0) is 14.4 Å². The van der Waals surface area contributed by atoms with E-state index in [1.165, 1.54) is 32.1 Å². The molecule has 0 aromatic carbocycles. The van der Waals surface area contributed by atoms with Crippen LogP contribution in [0.15, 0.2) is 0 Å². The fourth-order valence-corrected chi connectivity index (χ4v) is 5.32. The van der Waals surface area contributed by atoms with Gasteiger partial charge in [-0.25, -0.2) is 0 Å². The van der Waals surface area contributed by atoms with Gasteiger partial charge in [0, 0.05) is 45.1 Å². The molecule has 3 amide bonds. The zero-order chi connectivity index (χ0) is 20.2. The van der Waals surface area contributed by atoms with Gasteiger partial charge < -0.3 is 15.1 Å². The van der Waals surface area contributed by atoms with Crippen molar-refractivity contribution in [2.24, 2.45) is 23.7 Å². The number of nitrogens with one attached hydrogen (secondary N) is 1. The second-order valence-corrected chi connectivity index (χ2v) is 9.83. The number of rotatable bonds is 6. The Morgan fingerprint density at radius 1 is 0.862 bits per heavy atom. The number of amides is 3. The molecule has 0 aromatic rings. The van der Waals surface area contributed by atoms with Crippen LogP contribution < -0.4 is 5.32 Å². The summed E-state index contributed by atoms with van der Waals surface area (Å²) in [5.41, 5.74) is 0. The van der Waals surface area contributed by atoms with Crippen LogP contribution in [0.2, 0.25) is 0 Å². The van der Waals surface area contributed by atoms with Gasteiger partial charge in [-0.15, -0.1) is 0 Å². The standard InChI is InChI=1S/C23H37N3O3/c27-21-9-8-20(16-26(21)15-18-4-2-1-3-5-18)22(28)24-14-17-10-12-25(13-11-17)23(29)19-6-7-19/h17-20H,1-16H2,(H,24,28)/t20-/m1/s1. The molecule has 2 aliphatic carbocycles. The van der Waals surface area contributed by atoms with Gasteiger partial charge in [0.2, 0.25) is 17.7 Å². The lowest BCUT2D eigenvalue weighted by atomic mass is 9.87. The molecular formula is C23H37N3O3. The highest BCUT2D eigenvalue weighted by Gasteiger charge is 2.35. The van der Waals surface area contributed by atoms with Crippen LogP contribution in [0.3, 0.4) is 0 Å². The first-order chi connectivity index (χ1) is 14.1. The molecule has 4 rings (SSSR count). The van der Waals surface area contributed by atoms with E-state index in [-0.39, 0.29) is 17.7 Å². The van der Waals surface area contributed by atoms with Crippen LogP contribution in [0.25, 0.3) is 0 Å². The Morgan fingerprint density at radius 3 is 2.28 bits per heavy atom. The summed E-state index contributed by atoms with van der Waals surface area (Å²) in [5.74, 6) is 2.01. The van der Waals surface area contributed by atoms with Crippen molar-refractivity contribution in [2.45, 2.75) is 70.6 Å². The van der Waals surface area contributed by atoms with E-state index in [0.29, 0.717) is 49.6 Å². The molecule has 2 saturated heterocycles. The fourth-order valence-electron chi connectivity index (χ4n) is 5.32. The van der Waals surface area contributed by atoms with E-state index in [4.69, 9.17) is 0 Å². The molecule has 4 fully saturated rings. The molecule has 162 valence electrons. The molecule has 0 radical (unpaired) electrons. The molecular weight excluding hydrogens is 366 g/mol. The second kappa shape index (κ2) is 9.48. The van der Waals surface area contributed by atoms with E-state index >= 15 is 0 Å². The van der Waals surface area contributed by atoms with Crippen molar-refractivity contribution in [1.29, 1.82) is 0 Å². The van der Waals surface area contributed by atoms with Crippen LogP contribution >= 0.6 is 0 Å². The summed E-state index contributed by atoms with van der Waals surface area (Å²) in [5, 5.41) is 3.16. The third-order valence-electron chi connectivity index (χ3n) is 7.49. The minimum Gasteiger partial charge on any atom is -0.356 e. The van der Waals surface area contributed by atoms with Crippen molar-refractivity contribution >= 4 is 17.7 Å². The van der Waals surface area contributed by atoms with Crippen LogP contribution in [-0.4, -0.2) is 60.2 Å². The zero-order valence-electron chi connectivity index (χ0n) is 17.7. The molecule has 29 heavy (non-hydrogen) atoms. The van der Waals surface area contributed by atoms with Gasteiger partial charge in [0.15, 0.2) is 0 Å². The lowest BCUT2D eigenvalue weighted by molar-refractivity contribution is -0.139. The monoisotopic (exact) mass is 403 g/mol. The Labute approximate surface area is 174 Å². The van der Waals surface area contributed by atoms with Crippen molar-refractivity contribution in [1.82, 2.24) is 15.1 Å². The Bertz CT molecular complexity index is 604. The van der Waals surface area contributed by atoms with E-state index in [1.54, 1.807) is 0 Å². The summed E-state index contributed by atoms with van der Waals surface area (Å²) in [7, 11) is 0. The summed E-state index contributed by atoms with van der Waals surface area (Å²) in [6.45, 7) is 3.81. The topological polar surface area (TPSA) is 69.7 Å². The molecule has 0 aromatic heterocycles. The van der Waals surface area contributed by atoms with Gasteiger partial charge in [-0.2, -0.15) is 0 Å². The predicted octanol–water partition coefficient (Wildman–Crippen LogP) is 2.57. The summed E-state index contributed by atoms with van der Waals surface area (Å²) >= 11 is 0. The van der Waals surface area contributed by atoms with Gasteiger partial charge >= 0.3 is 0 Å². The Kier molecular flexibility index (Phi) is 6.76. The van der Waals surface area contributed by atoms with Gasteiger partial charge in [-0.05, 0) is 56.8 Å². The minimum absolute atomic E-state index is 0.0622. The van der Waals surface area contributed by atoms with Crippen LogP contribution in [0.4, 0.5) is 0 Å². The number of carbonyl (C=O) groups excluding carboxylic acids is 3. The van der Waals surface area contributed by atoms with E-state index in [9.17, 15) is 14.4 Å². The normalized spacial score (nSPS) is 27.2. The molecule has 0 spiro atoms. The van der Waals surface area contributed by atoms with E-state index in [0.717, 1.165) is 45.3 Å². The number of hydrogen-bond donors (Lipinski definition) is 1. The van der Waals surface area contributed by atoms with Gasteiger partial charge in [0.25, 0.3) is 0 Å². The lowest BCUT2D eigenvalue weighted by Crippen LogP contribution is -2.48. The maximum absolute atomic E-state index is 12.7. The van der Waals surface area contributed by atoms with Crippen LogP contribution in [0.1, 0.15) is 70.6 Å². The molecule has 1 N–H and O–H groups in total. The number of nitrogens with zero attached hydrogens (tertiary/aromatic N) is 2. The van der Waals surface area contributed by atoms with Crippen molar-refractivity contribution in [3.8, 4) is 0 Å². The molecule has 0 unspecified atom stereocenters. The summed E-state index contributed by atoms with van der Waals surface area (Å²) in [6.07, 6.45) is 11.6. The first-order valence-electron chi connectivity index (χ1n) is 11.9. The molecule has 6 heteroatoms. The van der Waals surface area contributed by atoms with E-state index in [1.807, 2.05) is 9.80 Å². The molecule has 2 heterocycles. The van der Waals surface area contributed by atoms with Gasteiger partial charge in [-0.3, -0.25) is 14.4 Å². The summed E-state index contributed by atoms with van der Waals surface area (Å²) in [6, 6.07) is 0. The maximum Gasteiger partial charge on any atom is 0.225 e. The predicted molar refractivity (Wildman–Crippen MR) is 111 cm³/mol. The van der Waals surface area contributed by atoms with Crippen LogP contribution in [0.5, 0.6) is 0 Å². The number of piperidine rings is 2. The number of hydrogen-bond acceptors (Lipinski definition) is 3. The number of carbonyl (C=O) groups is 3. The van der Waals surface area contributed by atoms with Gasteiger partial charge in [0.1, 0.15) is 0 Å². The number of likely N-dealkylation sites (tertiary alicyclic amines) is 2. The fraction of sp³-hybridized carbons (Fsp3) is 0.870. The molecule has 4 aliphatic rings. The first-order valence-corrected chi connectivity index (χ1v) is 11.9. The van der Waals surface area contributed by atoms with Crippen molar-refractivity contribution in [2.75, 3.05) is 32.7 Å². The maximum atomic E-state index is 12.7. The third kappa shape index (κ3) is 5.52. The Balaban J connectivity index is 1.18. The first kappa shape index (κ1) is 20.7. The SMILES string of the molecule is O=C(NCC1CCN(C(=O)C2CC2)CC1)[C@@H]1CCC(=O)N(CC2CCCCC2)C1. The summed E-state index contributed by atoms with van der Waals surface area (Å²) < 4.78 is 0. The van der Waals surface area contributed by atoms with Gasteiger partial charge in [-0.1, -0.05) is 19.3 Å². The molecule has 2 saturated carbocycles. The largest absolute Gasteiger partial charge is 0.356 e. The van der Waals surface area contributed by atoms with E-state index < -0.39 is 0 Å². The van der Waals surface area contributed by atoms with Crippen molar-refractivity contribution in [3.05, 3.63) is 0 Å². The highest BCUT2D eigenvalue weighted by Crippen LogP contribution is 2.32. The highest BCUT2D eigenvalue weighted by molar-refractivity contribution is 5.84. The van der Waals surface area contributed by atoms with Crippen molar-refractivity contribution in [3.63, 3.8) is 0 Å². The average Bonchev–Trinajstić information content (AvgIpc) is 3.60. The third-order valence-corrected chi connectivity index (χ3v) is 7.49. The quantitative estimate of drug-likeness (QED) is 0.741. The molecule has 0 bridgehead atoms. The Morgan fingerprint density at radius 2 is 1.59 bits per heavy atom.